The Kier molecular flexibility index (Phi) is 6.21. The van der Waals surface area contributed by atoms with Crippen molar-refractivity contribution in [2.45, 2.75) is 39.5 Å². The molecule has 1 aliphatic rings. The third-order valence-electron chi connectivity index (χ3n) is 4.90. The molecule has 1 amide bonds. The van der Waals surface area contributed by atoms with Gasteiger partial charge < -0.3 is 10.2 Å². The summed E-state index contributed by atoms with van der Waals surface area (Å²) < 4.78 is 0. The average molecular weight is 352 g/mol. The minimum atomic E-state index is -0.113. The smallest absolute Gasteiger partial charge is 0.270 e. The van der Waals surface area contributed by atoms with Crippen molar-refractivity contribution in [3.63, 3.8) is 0 Å². The van der Waals surface area contributed by atoms with Crippen LogP contribution in [0.5, 0.6) is 0 Å². The molecule has 1 aromatic carbocycles. The molecule has 5 heteroatoms. The Morgan fingerprint density at radius 1 is 1.19 bits per heavy atom. The van der Waals surface area contributed by atoms with Crippen LogP contribution >= 0.6 is 0 Å². The largest absolute Gasteiger partial charge is 0.356 e. The van der Waals surface area contributed by atoms with Crippen molar-refractivity contribution < 1.29 is 4.79 Å². The highest BCUT2D eigenvalue weighted by Crippen LogP contribution is 2.25. The monoisotopic (exact) mass is 352 g/mol. The fraction of sp³-hybridized carbons (Fsp3) is 0.476. The number of nitrogens with one attached hydrogen (secondary N) is 1. The molecule has 2 heterocycles. The number of amides is 1. The standard InChI is InChI=1S/C21H28N4O/c1-3-11-22-21(26)19-15-20(24-16(2)23-19)25-12-9-18(10-13-25)14-17-7-5-4-6-8-17/h4-8,15,18H,3,9-14H2,1-2H3,(H,22,26). The van der Waals surface area contributed by atoms with Crippen molar-refractivity contribution >= 4 is 11.7 Å². The van der Waals surface area contributed by atoms with E-state index in [-0.39, 0.29) is 5.91 Å². The molecule has 1 fully saturated rings. The SMILES string of the molecule is CCCNC(=O)c1cc(N2CCC(Cc3ccccc3)CC2)nc(C)n1. The van der Waals surface area contributed by atoms with Crippen molar-refractivity contribution in [3.05, 3.63) is 53.5 Å². The number of aromatic nitrogens is 2. The maximum Gasteiger partial charge on any atom is 0.270 e. The van der Waals surface area contributed by atoms with Crippen LogP contribution in [0.25, 0.3) is 0 Å². The first-order valence-corrected chi connectivity index (χ1v) is 9.58. The number of rotatable bonds is 6. The van der Waals surface area contributed by atoms with Gasteiger partial charge in [0.25, 0.3) is 5.91 Å². The number of carbonyl (C=O) groups excluding carboxylic acids is 1. The Morgan fingerprint density at radius 3 is 2.62 bits per heavy atom. The zero-order valence-electron chi connectivity index (χ0n) is 15.7. The van der Waals surface area contributed by atoms with Crippen LogP contribution in [-0.4, -0.2) is 35.5 Å². The lowest BCUT2D eigenvalue weighted by molar-refractivity contribution is 0.0948. The fourth-order valence-electron chi connectivity index (χ4n) is 3.47. The molecule has 0 aliphatic carbocycles. The summed E-state index contributed by atoms with van der Waals surface area (Å²) in [6, 6.07) is 12.5. The second-order valence-electron chi connectivity index (χ2n) is 7.03. The van der Waals surface area contributed by atoms with Crippen LogP contribution in [0.2, 0.25) is 0 Å². The van der Waals surface area contributed by atoms with Crippen molar-refractivity contribution in [2.75, 3.05) is 24.5 Å². The van der Waals surface area contributed by atoms with E-state index < -0.39 is 0 Å². The zero-order valence-corrected chi connectivity index (χ0v) is 15.7. The highest BCUT2D eigenvalue weighted by Gasteiger charge is 2.22. The minimum absolute atomic E-state index is 0.113. The van der Waals surface area contributed by atoms with E-state index >= 15 is 0 Å². The molecule has 0 radical (unpaired) electrons. The third-order valence-corrected chi connectivity index (χ3v) is 4.90. The maximum absolute atomic E-state index is 12.2. The molecule has 0 spiro atoms. The number of nitrogens with zero attached hydrogens (tertiary/aromatic N) is 3. The molecule has 0 saturated carbocycles. The summed E-state index contributed by atoms with van der Waals surface area (Å²) in [7, 11) is 0. The summed E-state index contributed by atoms with van der Waals surface area (Å²) >= 11 is 0. The van der Waals surface area contributed by atoms with Gasteiger partial charge in [-0.15, -0.1) is 0 Å². The molecule has 5 nitrogen and oxygen atoms in total. The number of anilines is 1. The van der Waals surface area contributed by atoms with Gasteiger partial charge in [0.1, 0.15) is 17.3 Å². The molecule has 138 valence electrons. The van der Waals surface area contributed by atoms with Gasteiger partial charge in [-0.05, 0) is 44.1 Å². The first kappa shape index (κ1) is 18.4. The van der Waals surface area contributed by atoms with E-state index in [2.05, 4.69) is 50.5 Å². The van der Waals surface area contributed by atoms with E-state index in [1.54, 1.807) is 0 Å². The zero-order chi connectivity index (χ0) is 18.4. The van der Waals surface area contributed by atoms with Crippen LogP contribution in [-0.2, 0) is 6.42 Å². The van der Waals surface area contributed by atoms with Gasteiger partial charge >= 0.3 is 0 Å². The average Bonchev–Trinajstić information content (AvgIpc) is 2.67. The number of hydrogen-bond donors (Lipinski definition) is 1. The van der Waals surface area contributed by atoms with E-state index in [0.717, 1.165) is 44.6 Å². The van der Waals surface area contributed by atoms with Gasteiger partial charge in [-0.3, -0.25) is 4.79 Å². The summed E-state index contributed by atoms with van der Waals surface area (Å²) in [5.41, 5.74) is 1.88. The number of carbonyl (C=O) groups is 1. The molecule has 1 aromatic heterocycles. The Balaban J connectivity index is 1.62. The Hall–Kier alpha value is -2.43. The van der Waals surface area contributed by atoms with Crippen molar-refractivity contribution in [1.29, 1.82) is 0 Å². The van der Waals surface area contributed by atoms with Gasteiger partial charge in [-0.25, -0.2) is 9.97 Å². The summed E-state index contributed by atoms with van der Waals surface area (Å²) in [6.45, 7) is 6.51. The molecule has 2 aromatic rings. The van der Waals surface area contributed by atoms with Crippen LogP contribution in [0.1, 0.15) is 48.1 Å². The number of benzene rings is 1. The summed E-state index contributed by atoms with van der Waals surface area (Å²) in [4.78, 5) is 23.4. The minimum Gasteiger partial charge on any atom is -0.356 e. The van der Waals surface area contributed by atoms with Gasteiger partial charge in [0.15, 0.2) is 0 Å². The molecule has 1 saturated heterocycles. The van der Waals surface area contributed by atoms with Crippen LogP contribution in [0.15, 0.2) is 36.4 Å². The van der Waals surface area contributed by atoms with Gasteiger partial charge in [-0.2, -0.15) is 0 Å². The van der Waals surface area contributed by atoms with E-state index in [1.165, 1.54) is 5.56 Å². The molecular weight excluding hydrogens is 324 g/mol. The molecule has 0 atom stereocenters. The lowest BCUT2D eigenvalue weighted by Crippen LogP contribution is -2.35. The normalized spacial score (nSPS) is 15.1. The Labute approximate surface area is 155 Å². The predicted molar refractivity (Wildman–Crippen MR) is 104 cm³/mol. The van der Waals surface area contributed by atoms with Gasteiger partial charge in [0.2, 0.25) is 0 Å². The highest BCUT2D eigenvalue weighted by molar-refractivity contribution is 5.92. The first-order chi connectivity index (χ1) is 12.7. The molecule has 1 N–H and O–H groups in total. The van der Waals surface area contributed by atoms with Gasteiger partial charge in [0, 0.05) is 25.7 Å². The van der Waals surface area contributed by atoms with Crippen molar-refractivity contribution in [2.24, 2.45) is 5.92 Å². The summed E-state index contributed by atoms with van der Waals surface area (Å²) in [5.74, 6) is 2.12. The van der Waals surface area contributed by atoms with E-state index in [4.69, 9.17) is 0 Å². The number of piperidine rings is 1. The quantitative estimate of drug-likeness (QED) is 0.866. The number of aryl methyl sites for hydroxylation is 1. The third kappa shape index (κ3) is 4.81. The molecule has 0 bridgehead atoms. The lowest BCUT2D eigenvalue weighted by atomic mass is 9.90. The van der Waals surface area contributed by atoms with Crippen molar-refractivity contribution in [1.82, 2.24) is 15.3 Å². The summed E-state index contributed by atoms with van der Waals surface area (Å²) in [5, 5.41) is 2.89. The molecule has 26 heavy (non-hydrogen) atoms. The van der Waals surface area contributed by atoms with Gasteiger partial charge in [-0.1, -0.05) is 37.3 Å². The van der Waals surface area contributed by atoms with Crippen LogP contribution < -0.4 is 10.2 Å². The topological polar surface area (TPSA) is 58.1 Å². The van der Waals surface area contributed by atoms with E-state index in [0.29, 0.717) is 24.0 Å². The van der Waals surface area contributed by atoms with E-state index in [1.807, 2.05) is 19.9 Å². The predicted octanol–water partition coefficient (Wildman–Crippen LogP) is 3.38. The molecule has 1 aliphatic heterocycles. The van der Waals surface area contributed by atoms with E-state index in [9.17, 15) is 4.79 Å². The Morgan fingerprint density at radius 2 is 1.92 bits per heavy atom. The Bertz CT molecular complexity index is 724. The lowest BCUT2D eigenvalue weighted by Gasteiger charge is -2.33. The first-order valence-electron chi connectivity index (χ1n) is 9.58. The molecule has 3 rings (SSSR count). The summed E-state index contributed by atoms with van der Waals surface area (Å²) in [6.07, 6.45) is 4.35. The van der Waals surface area contributed by atoms with Crippen LogP contribution in [0, 0.1) is 12.8 Å². The molecule has 0 unspecified atom stereocenters. The van der Waals surface area contributed by atoms with Crippen LogP contribution in [0.3, 0.4) is 0 Å². The molecular formula is C21H28N4O. The number of hydrogen-bond acceptors (Lipinski definition) is 4. The second-order valence-corrected chi connectivity index (χ2v) is 7.03. The van der Waals surface area contributed by atoms with Crippen molar-refractivity contribution in [3.8, 4) is 0 Å². The maximum atomic E-state index is 12.2. The van der Waals surface area contributed by atoms with Crippen LogP contribution in [0.4, 0.5) is 5.82 Å². The highest BCUT2D eigenvalue weighted by atomic mass is 16.1. The fourth-order valence-corrected chi connectivity index (χ4v) is 3.47. The second kappa shape index (κ2) is 8.79. The van der Waals surface area contributed by atoms with Gasteiger partial charge in [0.05, 0.1) is 0 Å².